The average molecular weight is 658 g/mol. The van der Waals surface area contributed by atoms with E-state index in [9.17, 15) is 13.2 Å². The van der Waals surface area contributed by atoms with E-state index >= 15 is 0 Å². The minimum Gasteiger partial charge on any atom is -0.392 e. The zero-order valence-electron chi connectivity index (χ0n) is 24.7. The van der Waals surface area contributed by atoms with E-state index in [1.807, 2.05) is 7.05 Å². The van der Waals surface area contributed by atoms with Gasteiger partial charge in [-0.05, 0) is 79.5 Å². The molecule has 1 saturated heterocycles. The topological polar surface area (TPSA) is 132 Å². The Labute approximate surface area is 269 Å². The van der Waals surface area contributed by atoms with Crippen LogP contribution >= 0.6 is 23.2 Å². The van der Waals surface area contributed by atoms with E-state index in [0.29, 0.717) is 51.3 Å². The number of carbonyl (C=O) groups is 1. The first-order chi connectivity index (χ1) is 21.0. The van der Waals surface area contributed by atoms with Crippen LogP contribution in [0.3, 0.4) is 0 Å². The predicted octanol–water partition coefficient (Wildman–Crippen LogP) is 6.38. The highest BCUT2D eigenvalue weighted by Gasteiger charge is 2.30. The molecule has 9 nitrogen and oxygen atoms in total. The summed E-state index contributed by atoms with van der Waals surface area (Å²) in [6, 6.07) is 17.7. The number of rotatable bonds is 12. The molecule has 0 saturated carbocycles. The van der Waals surface area contributed by atoms with Crippen molar-refractivity contribution in [2.75, 3.05) is 20.1 Å². The summed E-state index contributed by atoms with van der Waals surface area (Å²) in [5.74, 6) is 0.367. The molecule has 2 amide bonds. The minimum absolute atomic E-state index is 0.0295. The van der Waals surface area contributed by atoms with Crippen molar-refractivity contribution < 1.29 is 13.2 Å². The molecule has 0 atom stereocenters. The molecule has 1 fully saturated rings. The normalized spacial score (nSPS) is 13.8. The maximum absolute atomic E-state index is 13.9. The SMILES string of the molecule is C=C(CCCC1CCN(C(=O)N(Cc2cccc(C(=N)N)c2)NS(=O)(=O)c2cccc(-c3ccc(Cl)cc3Cl)c2)CC1)NC. The first-order valence-corrected chi connectivity index (χ1v) is 16.6. The van der Waals surface area contributed by atoms with E-state index < -0.39 is 16.1 Å². The number of piperidine rings is 1. The number of nitrogens with one attached hydrogen (secondary N) is 3. The molecule has 0 radical (unpaired) electrons. The highest BCUT2D eigenvalue weighted by atomic mass is 35.5. The van der Waals surface area contributed by atoms with E-state index in [4.69, 9.17) is 34.3 Å². The Morgan fingerprint density at radius 2 is 1.82 bits per heavy atom. The van der Waals surface area contributed by atoms with Gasteiger partial charge < -0.3 is 16.0 Å². The van der Waals surface area contributed by atoms with Crippen LogP contribution in [0.4, 0.5) is 4.79 Å². The summed E-state index contributed by atoms with van der Waals surface area (Å²) >= 11 is 12.4. The number of hydrazine groups is 1. The summed E-state index contributed by atoms with van der Waals surface area (Å²) in [6.07, 6.45) is 4.65. The van der Waals surface area contributed by atoms with Gasteiger partial charge in [-0.1, -0.05) is 66.2 Å². The van der Waals surface area contributed by atoms with Crippen molar-refractivity contribution in [3.63, 3.8) is 0 Å². The lowest BCUT2D eigenvalue weighted by Gasteiger charge is -2.36. The number of carbonyl (C=O) groups excluding carboxylic acids is 1. The van der Waals surface area contributed by atoms with Gasteiger partial charge in [0.1, 0.15) is 5.84 Å². The summed E-state index contributed by atoms with van der Waals surface area (Å²) < 4.78 is 27.4. The molecule has 3 aromatic rings. The molecule has 0 spiro atoms. The smallest absolute Gasteiger partial charge is 0.335 e. The lowest BCUT2D eigenvalue weighted by molar-refractivity contribution is 0.120. The Bertz CT molecular complexity index is 1620. The number of nitrogens with two attached hydrogens (primary N) is 1. The van der Waals surface area contributed by atoms with Gasteiger partial charge in [-0.15, -0.1) is 4.83 Å². The van der Waals surface area contributed by atoms with Crippen LogP contribution in [0.25, 0.3) is 11.1 Å². The number of urea groups is 1. The lowest BCUT2D eigenvalue weighted by atomic mass is 9.91. The second-order valence-corrected chi connectivity index (χ2v) is 13.4. The van der Waals surface area contributed by atoms with Gasteiger partial charge in [0.2, 0.25) is 0 Å². The van der Waals surface area contributed by atoms with E-state index in [2.05, 4.69) is 16.7 Å². The van der Waals surface area contributed by atoms with Crippen LogP contribution in [-0.2, 0) is 16.6 Å². The molecule has 234 valence electrons. The third-order valence-corrected chi connectivity index (χ3v) is 9.64. The molecular weight excluding hydrogens is 619 g/mol. The molecule has 0 bridgehead atoms. The summed E-state index contributed by atoms with van der Waals surface area (Å²) in [5.41, 5.74) is 9.00. The van der Waals surface area contributed by atoms with E-state index in [0.717, 1.165) is 42.8 Å². The number of halogens is 2. The maximum atomic E-state index is 13.9. The molecule has 1 aliphatic rings. The van der Waals surface area contributed by atoms with Gasteiger partial charge in [0.15, 0.2) is 0 Å². The second kappa shape index (κ2) is 14.9. The van der Waals surface area contributed by atoms with E-state index in [1.165, 1.54) is 12.1 Å². The maximum Gasteiger partial charge on any atom is 0.335 e. The van der Waals surface area contributed by atoms with Crippen molar-refractivity contribution in [3.8, 4) is 11.1 Å². The van der Waals surface area contributed by atoms with E-state index in [1.54, 1.807) is 59.5 Å². The number of benzene rings is 3. The molecule has 44 heavy (non-hydrogen) atoms. The third-order valence-electron chi connectivity index (χ3n) is 7.76. The number of likely N-dealkylation sites (tertiary alicyclic amines) is 1. The zero-order chi connectivity index (χ0) is 31.9. The molecular formula is C32H38Cl2N6O3S. The zero-order valence-corrected chi connectivity index (χ0v) is 27.0. The predicted molar refractivity (Wildman–Crippen MR) is 177 cm³/mol. The first-order valence-electron chi connectivity index (χ1n) is 14.4. The van der Waals surface area contributed by atoms with Crippen LogP contribution < -0.4 is 15.9 Å². The third kappa shape index (κ3) is 8.75. The lowest BCUT2D eigenvalue weighted by Crippen LogP contribution is -2.53. The molecule has 12 heteroatoms. The first kappa shape index (κ1) is 33.3. The monoisotopic (exact) mass is 656 g/mol. The molecule has 0 unspecified atom stereocenters. The second-order valence-electron chi connectivity index (χ2n) is 10.9. The fraction of sp³-hybridized carbons (Fsp3) is 0.312. The highest BCUT2D eigenvalue weighted by molar-refractivity contribution is 7.89. The molecule has 1 aliphatic heterocycles. The van der Waals surface area contributed by atoms with Crippen LogP contribution in [0.15, 0.2) is 83.9 Å². The number of nitrogen functional groups attached to an aromatic ring is 1. The quantitative estimate of drug-likeness (QED) is 0.102. The van der Waals surface area contributed by atoms with Gasteiger partial charge in [0, 0.05) is 47.0 Å². The van der Waals surface area contributed by atoms with Crippen molar-refractivity contribution in [1.29, 1.82) is 5.41 Å². The van der Waals surface area contributed by atoms with Crippen molar-refractivity contribution in [2.24, 2.45) is 11.7 Å². The Balaban J connectivity index is 1.55. The Morgan fingerprint density at radius 1 is 1.09 bits per heavy atom. The fourth-order valence-electron chi connectivity index (χ4n) is 5.22. The number of amidine groups is 1. The van der Waals surface area contributed by atoms with Crippen molar-refractivity contribution in [1.82, 2.24) is 20.1 Å². The van der Waals surface area contributed by atoms with Crippen molar-refractivity contribution in [3.05, 3.63) is 100 Å². The van der Waals surface area contributed by atoms with Gasteiger partial charge in [-0.2, -0.15) is 0 Å². The summed E-state index contributed by atoms with van der Waals surface area (Å²) in [4.78, 5) is 18.0. The average Bonchev–Trinajstić information content (AvgIpc) is 3.00. The van der Waals surface area contributed by atoms with Crippen LogP contribution in [0.5, 0.6) is 0 Å². The van der Waals surface area contributed by atoms with Crippen LogP contribution in [0, 0.1) is 11.3 Å². The Hall–Kier alpha value is -3.57. The largest absolute Gasteiger partial charge is 0.392 e. The van der Waals surface area contributed by atoms with Gasteiger partial charge in [0.25, 0.3) is 10.0 Å². The van der Waals surface area contributed by atoms with Crippen molar-refractivity contribution >= 4 is 45.1 Å². The Kier molecular flexibility index (Phi) is 11.3. The summed E-state index contributed by atoms with van der Waals surface area (Å²) in [5, 5.41) is 12.8. The van der Waals surface area contributed by atoms with Gasteiger partial charge in [-0.25, -0.2) is 18.2 Å². The minimum atomic E-state index is -4.20. The number of hydrogen-bond donors (Lipinski definition) is 4. The van der Waals surface area contributed by atoms with Crippen LogP contribution in [0.2, 0.25) is 10.0 Å². The van der Waals surface area contributed by atoms with Gasteiger partial charge in [-0.3, -0.25) is 5.41 Å². The molecule has 3 aromatic carbocycles. The summed E-state index contributed by atoms with van der Waals surface area (Å²) in [6.45, 7) is 4.96. The van der Waals surface area contributed by atoms with Crippen LogP contribution in [0.1, 0.15) is 43.2 Å². The number of amides is 2. The summed E-state index contributed by atoms with van der Waals surface area (Å²) in [7, 11) is -2.33. The number of nitrogens with zero attached hydrogens (tertiary/aromatic N) is 2. The van der Waals surface area contributed by atoms with Gasteiger partial charge in [0.05, 0.1) is 11.4 Å². The molecule has 0 aliphatic carbocycles. The van der Waals surface area contributed by atoms with Crippen LogP contribution in [-0.4, -0.2) is 50.3 Å². The molecule has 4 rings (SSSR count). The fourth-order valence-corrected chi connectivity index (χ4v) is 6.82. The standard InChI is InChI=1S/C32H38Cl2N6O3S/c1-22(37-2)6-3-7-23-14-16-39(17-15-23)32(41)40(21-24-8-4-10-26(18-24)31(35)36)38-44(42,43)28-11-5-9-25(19-28)29-13-12-27(33)20-30(29)34/h4-5,8-13,18-20,23,37-38H,1,3,6-7,14-17,21H2,2H3,(H3,35,36). The number of sulfonamides is 1. The molecule has 1 heterocycles. The number of allylic oxidation sites excluding steroid dienone is 1. The van der Waals surface area contributed by atoms with Crippen molar-refractivity contribution in [2.45, 2.75) is 43.5 Å². The number of hydrogen-bond acceptors (Lipinski definition) is 5. The highest BCUT2D eigenvalue weighted by Crippen LogP contribution is 2.32. The molecule has 0 aromatic heterocycles. The molecule has 5 N–H and O–H groups in total. The van der Waals surface area contributed by atoms with Gasteiger partial charge >= 0.3 is 6.03 Å². The van der Waals surface area contributed by atoms with E-state index in [-0.39, 0.29) is 17.3 Å². The Morgan fingerprint density at radius 3 is 2.50 bits per heavy atom.